The highest BCUT2D eigenvalue weighted by Gasteiger charge is 2.26. The van der Waals surface area contributed by atoms with Crippen LogP contribution in [0.2, 0.25) is 0 Å². The molecule has 0 atom stereocenters. The molecule has 0 saturated carbocycles. The van der Waals surface area contributed by atoms with Gasteiger partial charge >= 0.3 is 6.09 Å². The first-order valence-corrected chi connectivity index (χ1v) is 9.02. The standard InChI is InChI=1S/C20H22N4O2/c1-2-26-20(25)24-11-9-23(10-12-24)19-6-8-22-18-14-15(13-16(18)19)17-5-3-4-7-21-17/h3-8,13H,2,9-12,14H2,1H3. The first kappa shape index (κ1) is 16.6. The third-order valence-corrected chi connectivity index (χ3v) is 4.87. The van der Waals surface area contributed by atoms with Gasteiger partial charge in [0.1, 0.15) is 0 Å². The molecule has 3 heterocycles. The van der Waals surface area contributed by atoms with E-state index < -0.39 is 0 Å². The summed E-state index contributed by atoms with van der Waals surface area (Å²) in [5, 5.41) is 0. The quantitative estimate of drug-likeness (QED) is 0.852. The number of rotatable bonds is 3. The number of fused-ring (bicyclic) bond motifs is 1. The van der Waals surface area contributed by atoms with E-state index in [-0.39, 0.29) is 6.09 Å². The largest absolute Gasteiger partial charge is 0.450 e. The van der Waals surface area contributed by atoms with E-state index in [0.717, 1.165) is 30.9 Å². The summed E-state index contributed by atoms with van der Waals surface area (Å²) in [5.41, 5.74) is 5.66. The normalized spacial score (nSPS) is 16.3. The first-order chi connectivity index (χ1) is 12.8. The number of piperazine rings is 1. The molecule has 134 valence electrons. The Morgan fingerprint density at radius 2 is 1.96 bits per heavy atom. The number of anilines is 1. The van der Waals surface area contributed by atoms with Crippen LogP contribution in [-0.4, -0.2) is 53.7 Å². The van der Waals surface area contributed by atoms with Gasteiger partial charge < -0.3 is 14.5 Å². The van der Waals surface area contributed by atoms with Crippen LogP contribution in [-0.2, 0) is 11.2 Å². The zero-order valence-corrected chi connectivity index (χ0v) is 14.9. The third-order valence-electron chi connectivity index (χ3n) is 4.87. The molecule has 0 N–H and O–H groups in total. The minimum absolute atomic E-state index is 0.218. The Balaban J connectivity index is 1.53. The lowest BCUT2D eigenvalue weighted by Gasteiger charge is -2.36. The first-order valence-electron chi connectivity index (χ1n) is 9.02. The maximum absolute atomic E-state index is 11.9. The van der Waals surface area contributed by atoms with Gasteiger partial charge in [0, 0.05) is 56.2 Å². The molecule has 26 heavy (non-hydrogen) atoms. The molecule has 1 amide bonds. The molecular weight excluding hydrogens is 328 g/mol. The molecule has 1 aliphatic carbocycles. The van der Waals surface area contributed by atoms with E-state index in [1.807, 2.05) is 37.5 Å². The number of hydrogen-bond donors (Lipinski definition) is 0. The number of aromatic nitrogens is 2. The highest BCUT2D eigenvalue weighted by molar-refractivity contribution is 5.91. The fraction of sp³-hybridized carbons (Fsp3) is 0.350. The molecule has 6 nitrogen and oxygen atoms in total. The molecule has 1 aliphatic heterocycles. The molecule has 1 fully saturated rings. The Kier molecular flexibility index (Phi) is 4.56. The van der Waals surface area contributed by atoms with Crippen LogP contribution < -0.4 is 4.90 Å². The molecule has 2 aliphatic rings. The minimum atomic E-state index is -0.218. The van der Waals surface area contributed by atoms with Crippen molar-refractivity contribution in [1.29, 1.82) is 0 Å². The zero-order chi connectivity index (χ0) is 17.9. The smallest absolute Gasteiger partial charge is 0.409 e. The van der Waals surface area contributed by atoms with Gasteiger partial charge in [0.05, 0.1) is 18.0 Å². The van der Waals surface area contributed by atoms with Crippen molar-refractivity contribution in [3.63, 3.8) is 0 Å². The molecule has 6 heteroatoms. The molecule has 2 aromatic heterocycles. The molecule has 0 unspecified atom stereocenters. The van der Waals surface area contributed by atoms with Gasteiger partial charge in [0.15, 0.2) is 0 Å². The number of amides is 1. The van der Waals surface area contributed by atoms with E-state index in [9.17, 15) is 4.79 Å². The lowest BCUT2D eigenvalue weighted by molar-refractivity contribution is 0.105. The van der Waals surface area contributed by atoms with Crippen molar-refractivity contribution in [3.05, 3.63) is 53.6 Å². The average Bonchev–Trinajstić information content (AvgIpc) is 3.13. The van der Waals surface area contributed by atoms with Crippen molar-refractivity contribution >= 4 is 23.4 Å². The Hall–Kier alpha value is -2.89. The van der Waals surface area contributed by atoms with Gasteiger partial charge in [-0.2, -0.15) is 0 Å². The second-order valence-corrected chi connectivity index (χ2v) is 6.42. The Morgan fingerprint density at radius 3 is 2.69 bits per heavy atom. The van der Waals surface area contributed by atoms with Crippen LogP contribution in [0.15, 0.2) is 36.7 Å². The minimum Gasteiger partial charge on any atom is -0.450 e. The van der Waals surface area contributed by atoms with Crippen molar-refractivity contribution in [1.82, 2.24) is 14.9 Å². The number of carbonyl (C=O) groups excluding carboxylic acids is 1. The zero-order valence-electron chi connectivity index (χ0n) is 14.9. The van der Waals surface area contributed by atoms with Crippen molar-refractivity contribution in [2.24, 2.45) is 0 Å². The molecule has 0 spiro atoms. The van der Waals surface area contributed by atoms with Crippen LogP contribution in [0.25, 0.3) is 11.6 Å². The highest BCUT2D eigenvalue weighted by Crippen LogP contribution is 2.35. The summed E-state index contributed by atoms with van der Waals surface area (Å²) in [7, 11) is 0. The second-order valence-electron chi connectivity index (χ2n) is 6.42. The number of nitrogens with zero attached hydrogens (tertiary/aromatic N) is 4. The van der Waals surface area contributed by atoms with Gasteiger partial charge in [-0.05, 0) is 36.8 Å². The summed E-state index contributed by atoms with van der Waals surface area (Å²) in [4.78, 5) is 25.0. The predicted octanol–water partition coefficient (Wildman–Crippen LogP) is 2.85. The summed E-state index contributed by atoms with van der Waals surface area (Å²) in [6, 6.07) is 8.04. The monoisotopic (exact) mass is 350 g/mol. The van der Waals surface area contributed by atoms with E-state index in [1.54, 1.807) is 4.90 Å². The molecule has 1 saturated heterocycles. The van der Waals surface area contributed by atoms with Gasteiger partial charge in [-0.15, -0.1) is 0 Å². The fourth-order valence-corrected chi connectivity index (χ4v) is 3.55. The lowest BCUT2D eigenvalue weighted by atomic mass is 10.1. The summed E-state index contributed by atoms with van der Waals surface area (Å²) in [6.45, 7) is 5.18. The predicted molar refractivity (Wildman–Crippen MR) is 101 cm³/mol. The molecule has 0 aromatic carbocycles. The van der Waals surface area contributed by atoms with Crippen molar-refractivity contribution in [2.75, 3.05) is 37.7 Å². The molecular formula is C20H22N4O2. The molecule has 0 radical (unpaired) electrons. The van der Waals surface area contributed by atoms with Crippen molar-refractivity contribution in [2.45, 2.75) is 13.3 Å². The van der Waals surface area contributed by atoms with E-state index >= 15 is 0 Å². The lowest BCUT2D eigenvalue weighted by Crippen LogP contribution is -2.49. The number of pyridine rings is 2. The Morgan fingerprint density at radius 1 is 1.12 bits per heavy atom. The van der Waals surface area contributed by atoms with Gasteiger partial charge in [-0.25, -0.2) is 4.79 Å². The van der Waals surface area contributed by atoms with Crippen LogP contribution in [0.5, 0.6) is 0 Å². The van der Waals surface area contributed by atoms with Crippen LogP contribution in [0.4, 0.5) is 10.5 Å². The summed E-state index contributed by atoms with van der Waals surface area (Å²) in [6.07, 6.45) is 6.49. The molecule has 0 bridgehead atoms. The number of allylic oxidation sites excluding steroid dienone is 1. The maximum atomic E-state index is 11.9. The number of ether oxygens (including phenoxy) is 1. The summed E-state index contributed by atoms with van der Waals surface area (Å²) < 4.78 is 5.10. The highest BCUT2D eigenvalue weighted by atomic mass is 16.6. The van der Waals surface area contributed by atoms with Crippen molar-refractivity contribution in [3.8, 4) is 0 Å². The third kappa shape index (κ3) is 3.14. The Labute approximate surface area is 153 Å². The van der Waals surface area contributed by atoms with Crippen LogP contribution >= 0.6 is 0 Å². The van der Waals surface area contributed by atoms with E-state index in [1.165, 1.54) is 16.8 Å². The van der Waals surface area contributed by atoms with E-state index in [4.69, 9.17) is 4.74 Å². The fourth-order valence-electron chi connectivity index (χ4n) is 3.55. The SMILES string of the molecule is CCOC(=O)N1CCN(c2ccnc3c2C=C(c2ccccn2)C3)CC1. The molecule has 4 rings (SSSR count). The average molecular weight is 350 g/mol. The van der Waals surface area contributed by atoms with Gasteiger partial charge in [-0.3, -0.25) is 9.97 Å². The van der Waals surface area contributed by atoms with E-state index in [2.05, 4.69) is 27.0 Å². The van der Waals surface area contributed by atoms with E-state index in [0.29, 0.717) is 19.7 Å². The van der Waals surface area contributed by atoms with Gasteiger partial charge in [-0.1, -0.05) is 6.07 Å². The van der Waals surface area contributed by atoms with Crippen LogP contribution in [0.1, 0.15) is 23.9 Å². The molecule has 2 aromatic rings. The van der Waals surface area contributed by atoms with Gasteiger partial charge in [0.2, 0.25) is 0 Å². The summed E-state index contributed by atoms with van der Waals surface area (Å²) >= 11 is 0. The van der Waals surface area contributed by atoms with Crippen molar-refractivity contribution < 1.29 is 9.53 Å². The van der Waals surface area contributed by atoms with Crippen LogP contribution in [0, 0.1) is 0 Å². The maximum Gasteiger partial charge on any atom is 0.409 e. The Bertz CT molecular complexity index is 827. The van der Waals surface area contributed by atoms with Gasteiger partial charge in [0.25, 0.3) is 0 Å². The second kappa shape index (κ2) is 7.15. The van der Waals surface area contributed by atoms with Crippen LogP contribution in [0.3, 0.4) is 0 Å². The number of carbonyl (C=O) groups is 1. The summed E-state index contributed by atoms with van der Waals surface area (Å²) in [5.74, 6) is 0. The number of hydrogen-bond acceptors (Lipinski definition) is 5. The topological polar surface area (TPSA) is 58.6 Å².